The summed E-state index contributed by atoms with van der Waals surface area (Å²) in [4.78, 5) is 11.6. The van der Waals surface area contributed by atoms with E-state index in [0.29, 0.717) is 6.42 Å². The van der Waals surface area contributed by atoms with E-state index in [9.17, 15) is 4.79 Å². The Morgan fingerprint density at radius 1 is 1.29 bits per heavy atom. The molecule has 0 spiro atoms. The first-order valence-electron chi connectivity index (χ1n) is 6.09. The molecule has 4 heteroatoms. The zero-order valence-corrected chi connectivity index (χ0v) is 13.2. The van der Waals surface area contributed by atoms with Crippen molar-refractivity contribution in [2.45, 2.75) is 32.6 Å². The summed E-state index contributed by atoms with van der Waals surface area (Å²) in [5.74, 6) is 0.0906. The maximum atomic E-state index is 11.6. The quantitative estimate of drug-likeness (QED) is 0.749. The summed E-state index contributed by atoms with van der Waals surface area (Å²) < 4.78 is 8.44. The van der Waals surface area contributed by atoms with E-state index < -0.39 is 30.0 Å². The van der Waals surface area contributed by atoms with Crippen LogP contribution in [0.5, 0.6) is 0 Å². The second kappa shape index (κ2) is 9.75. The van der Waals surface area contributed by atoms with Gasteiger partial charge in [0.2, 0.25) is 0 Å². The number of rotatable bonds is 8. The summed E-state index contributed by atoms with van der Waals surface area (Å²) >= 11 is -1.32. The van der Waals surface area contributed by atoms with Gasteiger partial charge in [-0.25, -0.2) is 0 Å². The molecule has 0 radical (unpaired) electrons. The Morgan fingerprint density at radius 3 is 2.76 bits per heavy atom. The van der Waals surface area contributed by atoms with Crippen LogP contribution < -0.4 is 2.45 Å². The van der Waals surface area contributed by atoms with Crippen molar-refractivity contribution in [1.82, 2.24) is 2.45 Å². The molecule has 91 valence electrons. The standard InChI is InChI=1S/C8H9NO.C5H11O.Y/c9-8(10)6-7-4-2-1-3-5-7;1-2-3-4-5-6;/h1-5H,6H2,(H2,9,10);2-5H2,1H3;/q;-1;+2/p-1. The molecule has 0 bridgehead atoms. The molecule has 1 rings (SSSR count). The number of nitrogens with one attached hydrogen (secondary N) is 1. The monoisotopic (exact) mass is 310 g/mol. The average molecular weight is 310 g/mol. The number of carbonyl (C=O) groups excluding carboxylic acids is 1. The minimum atomic E-state index is -1.32. The van der Waals surface area contributed by atoms with Crippen molar-refractivity contribution in [2.24, 2.45) is 0 Å². The van der Waals surface area contributed by atoms with Crippen molar-refractivity contribution in [1.29, 1.82) is 0 Å². The number of hydrogen-bond donors (Lipinski definition) is 1. The van der Waals surface area contributed by atoms with E-state index in [4.69, 9.17) is 2.05 Å². The van der Waals surface area contributed by atoms with Crippen LogP contribution in [0, 0.1) is 0 Å². The molecule has 17 heavy (non-hydrogen) atoms. The molecule has 0 aliphatic carbocycles. The molecule has 1 N–H and O–H groups in total. The van der Waals surface area contributed by atoms with Crippen molar-refractivity contribution in [3.63, 3.8) is 0 Å². The van der Waals surface area contributed by atoms with Crippen LogP contribution >= 0.6 is 0 Å². The van der Waals surface area contributed by atoms with Gasteiger partial charge in [0, 0.05) is 0 Å². The topological polar surface area (TPSA) is 38.3 Å². The first-order chi connectivity index (χ1) is 8.33. The number of carbonyl (C=O) groups is 1. The van der Waals surface area contributed by atoms with Gasteiger partial charge in [0.1, 0.15) is 0 Å². The van der Waals surface area contributed by atoms with Gasteiger partial charge in [-0.15, -0.1) is 0 Å². The van der Waals surface area contributed by atoms with Crippen molar-refractivity contribution in [3.8, 4) is 0 Å². The van der Waals surface area contributed by atoms with Crippen molar-refractivity contribution in [2.75, 3.05) is 6.61 Å². The van der Waals surface area contributed by atoms with E-state index in [1.54, 1.807) is 0 Å². The summed E-state index contributed by atoms with van der Waals surface area (Å²) in [6.45, 7) is 2.98. The molecule has 1 aromatic rings. The molecule has 3 nitrogen and oxygen atoms in total. The van der Waals surface area contributed by atoms with E-state index in [1.165, 1.54) is 12.8 Å². The van der Waals surface area contributed by atoms with Crippen LogP contribution in [0.4, 0.5) is 0 Å². The van der Waals surface area contributed by atoms with Crippen LogP contribution in [-0.4, -0.2) is 12.5 Å². The molecule has 0 saturated heterocycles. The van der Waals surface area contributed by atoms with Gasteiger partial charge < -0.3 is 0 Å². The molecule has 0 saturated carbocycles. The third-order valence-electron chi connectivity index (χ3n) is 2.38. The molecular formula is C13H19NO2Y. The first kappa shape index (κ1) is 14.8. The van der Waals surface area contributed by atoms with Gasteiger partial charge in [0.05, 0.1) is 0 Å². The Hall–Kier alpha value is -0.246. The zero-order chi connectivity index (χ0) is 12.3. The summed E-state index contributed by atoms with van der Waals surface area (Å²) in [6.07, 6.45) is 3.99. The normalized spacial score (nSPS) is 9.71. The summed E-state index contributed by atoms with van der Waals surface area (Å²) in [5.41, 5.74) is 1.05. The van der Waals surface area contributed by atoms with Crippen molar-refractivity contribution >= 4 is 5.91 Å². The number of unbranched alkanes of at least 4 members (excludes halogenated alkanes) is 2. The molecule has 0 aliphatic rings. The molecule has 1 amide bonds. The summed E-state index contributed by atoms with van der Waals surface area (Å²) in [7, 11) is 0. The molecule has 0 fully saturated rings. The molecular weight excluding hydrogens is 291 g/mol. The van der Waals surface area contributed by atoms with Crippen LogP contribution in [0.25, 0.3) is 0 Å². The molecule has 0 unspecified atom stereocenters. The first-order valence-corrected chi connectivity index (χ1v) is 8.67. The van der Waals surface area contributed by atoms with E-state index in [1.807, 2.05) is 30.3 Å². The Kier molecular flexibility index (Phi) is 8.50. The van der Waals surface area contributed by atoms with Gasteiger partial charge in [-0.3, -0.25) is 0 Å². The maximum absolute atomic E-state index is 11.6. The van der Waals surface area contributed by atoms with Gasteiger partial charge in [-0.2, -0.15) is 0 Å². The number of hydrogen-bond acceptors (Lipinski definition) is 2. The van der Waals surface area contributed by atoms with E-state index in [2.05, 4.69) is 9.37 Å². The number of benzene rings is 1. The molecule has 0 atom stereocenters. The fraction of sp³-hybridized carbons (Fsp3) is 0.462. The third kappa shape index (κ3) is 7.64. The van der Waals surface area contributed by atoms with E-state index in [-0.39, 0.29) is 5.91 Å². The van der Waals surface area contributed by atoms with Gasteiger partial charge in [0.15, 0.2) is 0 Å². The second-order valence-electron chi connectivity index (χ2n) is 3.93. The Balaban J connectivity index is 2.06. The number of amides is 1. The fourth-order valence-corrected chi connectivity index (χ4v) is 2.91. The summed E-state index contributed by atoms with van der Waals surface area (Å²) in [5, 5.41) is 0. The van der Waals surface area contributed by atoms with Gasteiger partial charge in [-0.05, 0) is 0 Å². The third-order valence-corrected chi connectivity index (χ3v) is 4.45. The van der Waals surface area contributed by atoms with Crippen molar-refractivity contribution < 1.29 is 36.9 Å². The van der Waals surface area contributed by atoms with Crippen molar-refractivity contribution in [3.05, 3.63) is 35.9 Å². The predicted molar refractivity (Wildman–Crippen MR) is 63.8 cm³/mol. The zero-order valence-electron chi connectivity index (χ0n) is 10.3. The van der Waals surface area contributed by atoms with Crippen LogP contribution in [0.15, 0.2) is 30.3 Å². The molecule has 0 heterocycles. The van der Waals surface area contributed by atoms with Gasteiger partial charge >= 0.3 is 120 Å². The van der Waals surface area contributed by atoms with Crippen LogP contribution in [0.3, 0.4) is 0 Å². The molecule has 1 aromatic carbocycles. The average Bonchev–Trinajstić information content (AvgIpc) is 2.35. The van der Waals surface area contributed by atoms with Crippen LogP contribution in [0.2, 0.25) is 0 Å². The predicted octanol–water partition coefficient (Wildman–Crippen LogP) is 2.46. The Bertz CT molecular complexity index is 316. The van der Waals surface area contributed by atoms with Gasteiger partial charge in [-0.1, -0.05) is 0 Å². The van der Waals surface area contributed by atoms with E-state index >= 15 is 0 Å². The van der Waals surface area contributed by atoms with Crippen LogP contribution in [-0.2, 0) is 43.3 Å². The van der Waals surface area contributed by atoms with Crippen LogP contribution in [0.1, 0.15) is 31.7 Å². The van der Waals surface area contributed by atoms with Gasteiger partial charge in [0.25, 0.3) is 0 Å². The Labute approximate surface area is 120 Å². The minimum absolute atomic E-state index is 0.0906. The fourth-order valence-electron chi connectivity index (χ4n) is 1.43. The molecule has 0 aliphatic heterocycles. The Morgan fingerprint density at radius 2 is 2.06 bits per heavy atom. The molecule has 0 aromatic heterocycles. The summed E-state index contributed by atoms with van der Waals surface area (Å²) in [6, 6.07) is 9.79. The second-order valence-corrected chi connectivity index (χ2v) is 6.03. The van der Waals surface area contributed by atoms with E-state index in [0.717, 1.165) is 18.6 Å². The SMILES string of the molecule is CCCCC[O][Y][NH]C(=O)Cc1ccccc1.